The molecule has 3 nitrogen and oxygen atoms in total. The van der Waals surface area contributed by atoms with E-state index in [1.54, 1.807) is 6.07 Å². The number of furan rings is 1. The smallest absolute Gasteiger partial charge is 0.145 e. The molecule has 1 heterocycles. The third-order valence-corrected chi connectivity index (χ3v) is 6.14. The Morgan fingerprint density at radius 2 is 1.38 bits per heavy atom. The first kappa shape index (κ1) is 18.5. The van der Waals surface area contributed by atoms with Crippen molar-refractivity contribution in [3.8, 4) is 28.0 Å². The monoisotopic (exact) mass is 415 g/mol. The van der Waals surface area contributed by atoms with Gasteiger partial charge in [0, 0.05) is 18.0 Å². The molecule has 6 aromatic rings. The minimum atomic E-state index is 0.209. The summed E-state index contributed by atoms with van der Waals surface area (Å²) in [5, 5.41) is 18.1. The number of phenols is 1. The van der Waals surface area contributed by atoms with E-state index in [2.05, 4.69) is 66.0 Å². The molecule has 0 atom stereocenters. The molecule has 0 radical (unpaired) electrons. The van der Waals surface area contributed by atoms with Crippen LogP contribution in [0.1, 0.15) is 0 Å². The molecule has 0 fully saturated rings. The number of phenolic OH excluding ortho intramolecular Hbond substituents is 1. The van der Waals surface area contributed by atoms with Gasteiger partial charge >= 0.3 is 0 Å². The fraction of sp³-hybridized carbons (Fsp3) is 0.0345. The van der Waals surface area contributed by atoms with E-state index in [-0.39, 0.29) is 5.75 Å². The molecule has 32 heavy (non-hydrogen) atoms. The van der Waals surface area contributed by atoms with Crippen LogP contribution in [-0.2, 0) is 0 Å². The summed E-state index contributed by atoms with van der Waals surface area (Å²) in [6.45, 7) is 0. The third kappa shape index (κ3) is 2.83. The fourth-order valence-corrected chi connectivity index (χ4v) is 4.58. The van der Waals surface area contributed by atoms with Crippen molar-refractivity contribution < 1.29 is 9.52 Å². The lowest BCUT2D eigenvalue weighted by atomic mass is 9.96. The molecule has 0 aliphatic rings. The van der Waals surface area contributed by atoms with Gasteiger partial charge in [0.2, 0.25) is 0 Å². The number of rotatable bonds is 3. The van der Waals surface area contributed by atoms with Crippen LogP contribution in [0.5, 0.6) is 5.75 Å². The van der Waals surface area contributed by atoms with Crippen LogP contribution in [0.2, 0.25) is 0 Å². The molecule has 3 heteroatoms. The molecule has 0 unspecified atom stereocenters. The number of para-hydroxylation sites is 1. The molecule has 5 aromatic carbocycles. The zero-order chi connectivity index (χ0) is 21.7. The average Bonchev–Trinajstić information content (AvgIpc) is 3.23. The van der Waals surface area contributed by atoms with Crippen LogP contribution in [-0.4, -0.2) is 12.2 Å². The van der Waals surface area contributed by atoms with Crippen molar-refractivity contribution in [3.05, 3.63) is 97.1 Å². The van der Waals surface area contributed by atoms with Gasteiger partial charge in [-0.05, 0) is 51.7 Å². The van der Waals surface area contributed by atoms with Gasteiger partial charge in [-0.25, -0.2) is 0 Å². The lowest BCUT2D eigenvalue weighted by Crippen LogP contribution is -1.91. The standard InChI is InChI=1S/C29H21NO2/c1-30-28-25(31)17-24(29-27(28)23-9-5-6-10-26(23)32-29)22-14-13-20-15-19(11-12-21(20)16-22)18-7-3-2-4-8-18/h2-17,30-31H,1H3. The van der Waals surface area contributed by atoms with Gasteiger partial charge in [0.05, 0.1) is 11.1 Å². The predicted molar refractivity (Wildman–Crippen MR) is 133 cm³/mol. The summed E-state index contributed by atoms with van der Waals surface area (Å²) in [5.74, 6) is 0.209. The van der Waals surface area contributed by atoms with E-state index in [1.165, 1.54) is 16.5 Å². The van der Waals surface area contributed by atoms with Gasteiger partial charge in [0.25, 0.3) is 0 Å². The lowest BCUT2D eigenvalue weighted by Gasteiger charge is -2.11. The van der Waals surface area contributed by atoms with Crippen molar-refractivity contribution in [2.45, 2.75) is 0 Å². The number of hydrogen-bond acceptors (Lipinski definition) is 3. The van der Waals surface area contributed by atoms with Crippen LogP contribution < -0.4 is 5.32 Å². The summed E-state index contributed by atoms with van der Waals surface area (Å²) in [5.41, 5.74) is 6.54. The zero-order valence-corrected chi connectivity index (χ0v) is 17.6. The Morgan fingerprint density at radius 1 is 0.688 bits per heavy atom. The summed E-state index contributed by atoms with van der Waals surface area (Å²) < 4.78 is 6.27. The van der Waals surface area contributed by atoms with E-state index in [1.807, 2.05) is 37.4 Å². The van der Waals surface area contributed by atoms with Crippen molar-refractivity contribution in [3.63, 3.8) is 0 Å². The van der Waals surface area contributed by atoms with Gasteiger partial charge in [-0.15, -0.1) is 0 Å². The van der Waals surface area contributed by atoms with E-state index in [4.69, 9.17) is 4.42 Å². The molecular weight excluding hydrogens is 394 g/mol. The Balaban J connectivity index is 1.56. The third-order valence-electron chi connectivity index (χ3n) is 6.14. The van der Waals surface area contributed by atoms with Gasteiger partial charge in [-0.1, -0.05) is 72.8 Å². The van der Waals surface area contributed by atoms with Gasteiger partial charge < -0.3 is 14.8 Å². The normalized spacial score (nSPS) is 11.4. The van der Waals surface area contributed by atoms with Crippen molar-refractivity contribution >= 4 is 38.4 Å². The van der Waals surface area contributed by atoms with Crippen LogP contribution in [0.3, 0.4) is 0 Å². The number of anilines is 1. The largest absolute Gasteiger partial charge is 0.506 e. The Hall–Kier alpha value is -4.24. The Labute approximate surface area is 185 Å². The fourth-order valence-electron chi connectivity index (χ4n) is 4.58. The Bertz CT molecular complexity index is 1610. The van der Waals surface area contributed by atoms with E-state index in [0.29, 0.717) is 5.69 Å². The maximum Gasteiger partial charge on any atom is 0.145 e. The van der Waals surface area contributed by atoms with E-state index in [9.17, 15) is 5.11 Å². The molecule has 6 rings (SSSR count). The number of aromatic hydroxyl groups is 1. The molecular formula is C29H21NO2. The molecule has 1 aromatic heterocycles. The number of nitrogens with one attached hydrogen (secondary N) is 1. The van der Waals surface area contributed by atoms with E-state index >= 15 is 0 Å². The highest BCUT2D eigenvalue weighted by atomic mass is 16.3. The number of benzene rings is 5. The zero-order valence-electron chi connectivity index (χ0n) is 17.6. The van der Waals surface area contributed by atoms with Crippen molar-refractivity contribution in [1.29, 1.82) is 0 Å². The van der Waals surface area contributed by atoms with Crippen LogP contribution in [0.15, 0.2) is 101 Å². The highest BCUT2D eigenvalue weighted by Gasteiger charge is 2.19. The molecule has 0 aliphatic carbocycles. The maximum absolute atomic E-state index is 10.8. The molecule has 154 valence electrons. The van der Waals surface area contributed by atoms with Crippen molar-refractivity contribution in [2.24, 2.45) is 0 Å². The molecule has 0 amide bonds. The quantitative estimate of drug-likeness (QED) is 0.290. The predicted octanol–water partition coefficient (Wildman–Crippen LogP) is 7.82. The minimum absolute atomic E-state index is 0.209. The molecule has 0 aliphatic heterocycles. The SMILES string of the molecule is CNc1c(O)cc(-c2ccc3cc(-c4ccccc4)ccc3c2)c2oc3ccccc3c12. The average molecular weight is 415 g/mol. The molecule has 0 bridgehead atoms. The first-order valence-corrected chi connectivity index (χ1v) is 10.7. The van der Waals surface area contributed by atoms with Gasteiger partial charge in [-0.2, -0.15) is 0 Å². The Morgan fingerprint density at radius 3 is 2.16 bits per heavy atom. The first-order valence-electron chi connectivity index (χ1n) is 10.7. The van der Waals surface area contributed by atoms with Gasteiger partial charge in [-0.3, -0.25) is 0 Å². The topological polar surface area (TPSA) is 45.4 Å². The van der Waals surface area contributed by atoms with Gasteiger partial charge in [0.15, 0.2) is 0 Å². The second-order valence-electron chi connectivity index (χ2n) is 8.01. The van der Waals surface area contributed by atoms with Crippen molar-refractivity contribution in [2.75, 3.05) is 12.4 Å². The second kappa shape index (κ2) is 7.17. The summed E-state index contributed by atoms with van der Waals surface area (Å²) in [7, 11) is 1.82. The van der Waals surface area contributed by atoms with Crippen LogP contribution in [0, 0.1) is 0 Å². The lowest BCUT2D eigenvalue weighted by molar-refractivity contribution is 0.478. The van der Waals surface area contributed by atoms with Crippen molar-refractivity contribution in [1.82, 2.24) is 0 Å². The number of hydrogen-bond donors (Lipinski definition) is 2. The van der Waals surface area contributed by atoms with Crippen LogP contribution in [0.25, 0.3) is 55.0 Å². The second-order valence-corrected chi connectivity index (χ2v) is 8.01. The highest BCUT2D eigenvalue weighted by molar-refractivity contribution is 6.17. The summed E-state index contributed by atoms with van der Waals surface area (Å²) in [6, 6.07) is 33.0. The summed E-state index contributed by atoms with van der Waals surface area (Å²) in [4.78, 5) is 0. The highest BCUT2D eigenvalue weighted by Crippen LogP contribution is 2.45. The molecule has 0 saturated heterocycles. The summed E-state index contributed by atoms with van der Waals surface area (Å²) >= 11 is 0. The van der Waals surface area contributed by atoms with E-state index < -0.39 is 0 Å². The van der Waals surface area contributed by atoms with Crippen LogP contribution >= 0.6 is 0 Å². The molecule has 0 spiro atoms. The minimum Gasteiger partial charge on any atom is -0.506 e. The maximum atomic E-state index is 10.8. The first-order chi connectivity index (χ1) is 15.7. The van der Waals surface area contributed by atoms with Gasteiger partial charge in [0.1, 0.15) is 16.9 Å². The summed E-state index contributed by atoms with van der Waals surface area (Å²) in [6.07, 6.45) is 0. The number of fused-ring (bicyclic) bond motifs is 4. The molecule has 0 saturated carbocycles. The molecule has 2 N–H and O–H groups in total. The van der Waals surface area contributed by atoms with Crippen LogP contribution in [0.4, 0.5) is 5.69 Å². The van der Waals surface area contributed by atoms with E-state index in [0.717, 1.165) is 38.5 Å². The Kier molecular flexibility index (Phi) is 4.15.